The molecule has 0 spiro atoms. The summed E-state index contributed by atoms with van der Waals surface area (Å²) in [5.74, 6) is -0.265. The van der Waals surface area contributed by atoms with Gasteiger partial charge in [-0.3, -0.25) is 4.79 Å². The summed E-state index contributed by atoms with van der Waals surface area (Å²) in [6.07, 6.45) is 0. The average Bonchev–Trinajstić information content (AvgIpc) is 2.28. The quantitative estimate of drug-likeness (QED) is 0.748. The average molecular weight is 243 g/mol. The van der Waals surface area contributed by atoms with Gasteiger partial charge in [0.25, 0.3) is 5.91 Å². The van der Waals surface area contributed by atoms with Gasteiger partial charge in [-0.15, -0.1) is 0 Å². The number of phenolic OH excluding ortho intramolecular Hbond substituents is 1. The molecule has 0 heterocycles. The number of carbonyl (C=O) groups is 1. The molecule has 0 fully saturated rings. The second kappa shape index (κ2) is 5.72. The molecule has 1 aromatic carbocycles. The zero-order chi connectivity index (χ0) is 12.1. The van der Waals surface area contributed by atoms with E-state index in [0.717, 1.165) is 0 Å². The standard InChI is InChI=1S/C11H15ClN2O2/c1-7(13-2)6-14-11(16)9-5-8(15)3-4-10(9)12/h3-5,7,13,15H,6H2,1-2H3,(H,14,16). The van der Waals surface area contributed by atoms with Gasteiger partial charge >= 0.3 is 0 Å². The van der Waals surface area contributed by atoms with Crippen molar-refractivity contribution >= 4 is 17.5 Å². The molecule has 0 aromatic heterocycles. The lowest BCUT2D eigenvalue weighted by atomic mass is 10.2. The highest BCUT2D eigenvalue weighted by atomic mass is 35.5. The van der Waals surface area contributed by atoms with Crippen molar-refractivity contribution in [1.82, 2.24) is 10.6 Å². The molecule has 1 aromatic rings. The van der Waals surface area contributed by atoms with Crippen molar-refractivity contribution < 1.29 is 9.90 Å². The second-order valence-corrected chi connectivity index (χ2v) is 3.97. The Morgan fingerprint density at radius 1 is 1.56 bits per heavy atom. The zero-order valence-electron chi connectivity index (χ0n) is 9.25. The van der Waals surface area contributed by atoms with E-state index >= 15 is 0 Å². The van der Waals surface area contributed by atoms with Gasteiger partial charge in [0, 0.05) is 12.6 Å². The molecule has 1 rings (SSSR count). The Balaban J connectivity index is 2.69. The number of likely N-dealkylation sites (N-methyl/N-ethyl adjacent to an activating group) is 1. The lowest BCUT2D eigenvalue weighted by Crippen LogP contribution is -2.37. The molecule has 0 bridgehead atoms. The first-order valence-corrected chi connectivity index (χ1v) is 5.36. The van der Waals surface area contributed by atoms with Crippen LogP contribution in [0.4, 0.5) is 0 Å². The molecule has 5 heteroatoms. The van der Waals surface area contributed by atoms with Crippen molar-refractivity contribution in [3.63, 3.8) is 0 Å². The Morgan fingerprint density at radius 3 is 2.88 bits per heavy atom. The van der Waals surface area contributed by atoms with Crippen LogP contribution in [0.2, 0.25) is 5.02 Å². The van der Waals surface area contributed by atoms with Gasteiger partial charge in [0.1, 0.15) is 5.75 Å². The van der Waals surface area contributed by atoms with Crippen molar-refractivity contribution in [2.75, 3.05) is 13.6 Å². The van der Waals surface area contributed by atoms with E-state index in [1.54, 1.807) is 0 Å². The SMILES string of the molecule is CNC(C)CNC(=O)c1cc(O)ccc1Cl. The maximum absolute atomic E-state index is 11.7. The van der Waals surface area contributed by atoms with E-state index in [0.29, 0.717) is 11.6 Å². The molecule has 1 atom stereocenters. The maximum Gasteiger partial charge on any atom is 0.252 e. The maximum atomic E-state index is 11.7. The van der Waals surface area contributed by atoms with Crippen molar-refractivity contribution in [2.24, 2.45) is 0 Å². The lowest BCUT2D eigenvalue weighted by molar-refractivity contribution is 0.0950. The van der Waals surface area contributed by atoms with Crippen LogP contribution in [-0.4, -0.2) is 30.6 Å². The zero-order valence-corrected chi connectivity index (χ0v) is 10.0. The number of benzene rings is 1. The number of hydrogen-bond acceptors (Lipinski definition) is 3. The van der Waals surface area contributed by atoms with Crippen molar-refractivity contribution in [1.29, 1.82) is 0 Å². The molecule has 0 radical (unpaired) electrons. The third-order valence-electron chi connectivity index (χ3n) is 2.26. The fraction of sp³-hybridized carbons (Fsp3) is 0.364. The van der Waals surface area contributed by atoms with Gasteiger partial charge in [0.05, 0.1) is 10.6 Å². The number of carbonyl (C=O) groups excluding carboxylic acids is 1. The van der Waals surface area contributed by atoms with Crippen molar-refractivity contribution in [3.05, 3.63) is 28.8 Å². The van der Waals surface area contributed by atoms with Crippen molar-refractivity contribution in [3.8, 4) is 5.75 Å². The molecule has 3 N–H and O–H groups in total. The van der Waals surface area contributed by atoms with E-state index in [2.05, 4.69) is 10.6 Å². The van der Waals surface area contributed by atoms with Crippen molar-refractivity contribution in [2.45, 2.75) is 13.0 Å². The summed E-state index contributed by atoms with van der Waals surface area (Å²) >= 11 is 5.85. The van der Waals surface area contributed by atoms with Crippen LogP contribution in [0.25, 0.3) is 0 Å². The highest BCUT2D eigenvalue weighted by Crippen LogP contribution is 2.20. The van der Waals surface area contributed by atoms with Gasteiger partial charge in [-0.2, -0.15) is 0 Å². The molecule has 1 amide bonds. The van der Waals surface area contributed by atoms with Crippen LogP contribution < -0.4 is 10.6 Å². The number of halogens is 1. The van der Waals surface area contributed by atoms with Crippen LogP contribution in [0.5, 0.6) is 5.75 Å². The molecule has 0 aliphatic rings. The monoisotopic (exact) mass is 242 g/mol. The van der Waals surface area contributed by atoms with Gasteiger partial charge in [0.15, 0.2) is 0 Å². The Labute approximate surface area is 99.6 Å². The first-order valence-electron chi connectivity index (χ1n) is 4.98. The van der Waals surface area contributed by atoms with Crippen LogP contribution in [0.15, 0.2) is 18.2 Å². The smallest absolute Gasteiger partial charge is 0.252 e. The number of phenols is 1. The van der Waals surface area contributed by atoms with E-state index in [-0.39, 0.29) is 23.3 Å². The highest BCUT2D eigenvalue weighted by Gasteiger charge is 2.11. The molecular formula is C11H15ClN2O2. The van der Waals surface area contributed by atoms with E-state index in [4.69, 9.17) is 11.6 Å². The Bertz CT molecular complexity index is 382. The number of amides is 1. The minimum absolute atomic E-state index is 0.0243. The highest BCUT2D eigenvalue weighted by molar-refractivity contribution is 6.33. The van der Waals surface area contributed by atoms with E-state index in [1.165, 1.54) is 18.2 Å². The molecule has 1 unspecified atom stereocenters. The molecule has 0 saturated carbocycles. The number of rotatable bonds is 4. The fourth-order valence-corrected chi connectivity index (χ4v) is 1.33. The minimum Gasteiger partial charge on any atom is -0.508 e. The number of aromatic hydroxyl groups is 1. The first kappa shape index (κ1) is 12.8. The second-order valence-electron chi connectivity index (χ2n) is 3.56. The summed E-state index contributed by atoms with van der Waals surface area (Å²) in [7, 11) is 1.82. The number of nitrogens with one attached hydrogen (secondary N) is 2. The molecule has 0 saturated heterocycles. The van der Waals surface area contributed by atoms with Gasteiger partial charge in [-0.1, -0.05) is 11.6 Å². The molecule has 88 valence electrons. The van der Waals surface area contributed by atoms with E-state index in [1.807, 2.05) is 14.0 Å². The Hall–Kier alpha value is -1.26. The summed E-state index contributed by atoms with van der Waals surface area (Å²) < 4.78 is 0. The van der Waals surface area contributed by atoms with E-state index in [9.17, 15) is 9.90 Å². The van der Waals surface area contributed by atoms with Crippen LogP contribution >= 0.6 is 11.6 Å². The summed E-state index contributed by atoms with van der Waals surface area (Å²) in [4.78, 5) is 11.7. The summed E-state index contributed by atoms with van der Waals surface area (Å²) in [6, 6.07) is 4.46. The molecule has 0 aliphatic carbocycles. The predicted octanol–water partition coefficient (Wildman–Crippen LogP) is 1.38. The van der Waals surface area contributed by atoms with E-state index < -0.39 is 0 Å². The molecule has 4 nitrogen and oxygen atoms in total. The summed E-state index contributed by atoms with van der Waals surface area (Å²) in [5.41, 5.74) is 0.282. The van der Waals surface area contributed by atoms with Crippen LogP contribution in [0, 0.1) is 0 Å². The largest absolute Gasteiger partial charge is 0.508 e. The summed E-state index contributed by atoms with van der Waals surface area (Å²) in [5, 5.41) is 15.3. The molecule has 16 heavy (non-hydrogen) atoms. The summed E-state index contributed by atoms with van der Waals surface area (Å²) in [6.45, 7) is 2.45. The van der Waals surface area contributed by atoms with Crippen LogP contribution in [0.1, 0.15) is 17.3 Å². The topological polar surface area (TPSA) is 61.4 Å². The molecule has 0 aliphatic heterocycles. The Kier molecular flexibility index (Phi) is 4.58. The predicted molar refractivity (Wildman–Crippen MR) is 64.0 cm³/mol. The number of hydrogen-bond donors (Lipinski definition) is 3. The fourth-order valence-electron chi connectivity index (χ4n) is 1.13. The first-order chi connectivity index (χ1) is 7.54. The lowest BCUT2D eigenvalue weighted by Gasteiger charge is -2.12. The van der Waals surface area contributed by atoms with Gasteiger partial charge in [-0.05, 0) is 32.2 Å². The normalized spacial score (nSPS) is 12.2. The minimum atomic E-state index is -0.289. The third kappa shape index (κ3) is 3.40. The van der Waals surface area contributed by atoms with Crippen LogP contribution in [-0.2, 0) is 0 Å². The van der Waals surface area contributed by atoms with Gasteiger partial charge in [-0.25, -0.2) is 0 Å². The molecular weight excluding hydrogens is 228 g/mol. The van der Waals surface area contributed by atoms with Gasteiger partial charge in [0.2, 0.25) is 0 Å². The van der Waals surface area contributed by atoms with Crippen LogP contribution in [0.3, 0.4) is 0 Å². The Morgan fingerprint density at radius 2 is 2.25 bits per heavy atom. The van der Waals surface area contributed by atoms with Gasteiger partial charge < -0.3 is 15.7 Å². The third-order valence-corrected chi connectivity index (χ3v) is 2.59.